The summed E-state index contributed by atoms with van der Waals surface area (Å²) in [5, 5.41) is 8.26. The van der Waals surface area contributed by atoms with Crippen LogP contribution in [0.2, 0.25) is 0 Å². The summed E-state index contributed by atoms with van der Waals surface area (Å²) in [5.74, 6) is 0. The van der Waals surface area contributed by atoms with Crippen molar-refractivity contribution < 1.29 is 9.59 Å². The number of nitrogens with zero attached hydrogens (tertiary/aromatic N) is 1. The highest BCUT2D eigenvalue weighted by Gasteiger charge is 2.05. The van der Waals surface area contributed by atoms with Crippen LogP contribution >= 0.6 is 27.7 Å². The number of carbonyl (C=O) groups is 2. The van der Waals surface area contributed by atoms with Gasteiger partial charge >= 0.3 is 12.1 Å². The molecule has 0 aromatic carbocycles. The van der Waals surface area contributed by atoms with Gasteiger partial charge in [-0.2, -0.15) is 4.99 Å². The monoisotopic (exact) mass is 296 g/mol. The second-order valence-corrected chi connectivity index (χ2v) is 3.83. The van der Waals surface area contributed by atoms with Crippen LogP contribution < -0.4 is 16.0 Å². The van der Waals surface area contributed by atoms with Crippen LogP contribution in [0.5, 0.6) is 0 Å². The lowest BCUT2D eigenvalue weighted by Crippen LogP contribution is -2.39. The molecule has 4 amide bonds. The maximum atomic E-state index is 11.2. The number of alkyl halides is 1. The molecule has 86 valence electrons. The normalized spacial score (nSPS) is 10.7. The van der Waals surface area contributed by atoms with Gasteiger partial charge in [0.25, 0.3) is 0 Å². The zero-order valence-corrected chi connectivity index (χ0v) is 10.9. The zero-order valence-electron chi connectivity index (χ0n) is 8.46. The highest BCUT2D eigenvalue weighted by atomic mass is 79.9. The second-order valence-electron chi connectivity index (χ2n) is 2.25. The molecule has 0 heterocycles. The third-order valence-corrected chi connectivity index (χ3v) is 2.19. The first-order valence-electron chi connectivity index (χ1n) is 4.09. The molecule has 0 unspecified atom stereocenters. The van der Waals surface area contributed by atoms with Crippen molar-refractivity contribution in [3.05, 3.63) is 0 Å². The fourth-order valence-electron chi connectivity index (χ4n) is 0.575. The van der Waals surface area contributed by atoms with Crippen molar-refractivity contribution in [3.8, 4) is 0 Å². The lowest BCUT2D eigenvalue weighted by Gasteiger charge is -2.06. The van der Waals surface area contributed by atoms with E-state index in [0.717, 1.165) is 0 Å². The van der Waals surface area contributed by atoms with Crippen molar-refractivity contribution in [1.82, 2.24) is 16.0 Å². The summed E-state index contributed by atoms with van der Waals surface area (Å²) in [6.45, 7) is 0.507. The number of amides is 4. The first-order valence-corrected chi connectivity index (χ1v) is 6.43. The van der Waals surface area contributed by atoms with Crippen molar-refractivity contribution in [1.29, 1.82) is 0 Å². The second kappa shape index (κ2) is 8.54. The minimum atomic E-state index is -0.500. The van der Waals surface area contributed by atoms with Gasteiger partial charge in [-0.3, -0.25) is 5.32 Å². The predicted octanol–water partition coefficient (Wildman–Crippen LogP) is 0.739. The quantitative estimate of drug-likeness (QED) is 0.399. The number of halogens is 1. The minimum Gasteiger partial charge on any atom is -0.339 e. The molecule has 0 fully saturated rings. The van der Waals surface area contributed by atoms with E-state index in [4.69, 9.17) is 0 Å². The summed E-state index contributed by atoms with van der Waals surface area (Å²) in [6, 6.07) is -0.883. The van der Waals surface area contributed by atoms with Gasteiger partial charge in [0.2, 0.25) is 0 Å². The average Bonchev–Trinajstić information content (AvgIpc) is 2.25. The van der Waals surface area contributed by atoms with Crippen LogP contribution in [0.3, 0.4) is 0 Å². The van der Waals surface area contributed by atoms with Crippen LogP contribution in [0.4, 0.5) is 9.59 Å². The van der Waals surface area contributed by atoms with Crippen molar-refractivity contribution in [2.24, 2.45) is 4.99 Å². The van der Waals surface area contributed by atoms with E-state index in [2.05, 4.69) is 36.9 Å². The first kappa shape index (κ1) is 14.2. The smallest absolute Gasteiger partial charge is 0.339 e. The van der Waals surface area contributed by atoms with E-state index in [-0.39, 0.29) is 11.2 Å². The number of carbonyl (C=O) groups excluding carboxylic acids is 2. The van der Waals surface area contributed by atoms with Crippen molar-refractivity contribution in [2.45, 2.75) is 0 Å². The van der Waals surface area contributed by atoms with Crippen molar-refractivity contribution in [3.63, 3.8) is 0 Å². The number of hydrogen-bond donors (Lipinski definition) is 3. The van der Waals surface area contributed by atoms with Crippen LogP contribution in [-0.2, 0) is 0 Å². The molecule has 6 nitrogen and oxygen atoms in total. The molecular formula is C7H13BrN4O2S. The molecule has 0 spiro atoms. The van der Waals surface area contributed by atoms with Crippen molar-refractivity contribution in [2.75, 3.05) is 25.2 Å². The molecule has 0 rings (SSSR count). The van der Waals surface area contributed by atoms with E-state index < -0.39 is 6.03 Å². The molecule has 8 heteroatoms. The molecule has 0 aromatic rings. The Morgan fingerprint density at radius 1 is 1.47 bits per heavy atom. The molecule has 0 saturated heterocycles. The summed E-state index contributed by atoms with van der Waals surface area (Å²) < 4.78 is 0. The molecule has 0 aromatic heterocycles. The van der Waals surface area contributed by atoms with Gasteiger partial charge in [-0.15, -0.1) is 0 Å². The maximum absolute atomic E-state index is 11.2. The molecule has 0 aliphatic heterocycles. The summed E-state index contributed by atoms with van der Waals surface area (Å²) in [5.41, 5.74) is 0. The Labute approximate surface area is 101 Å². The van der Waals surface area contributed by atoms with Crippen LogP contribution in [0, 0.1) is 0 Å². The van der Waals surface area contributed by atoms with Crippen LogP contribution in [0.1, 0.15) is 0 Å². The number of amidine groups is 1. The highest BCUT2D eigenvalue weighted by molar-refractivity contribution is 9.09. The Bertz CT molecular complexity index is 259. The van der Waals surface area contributed by atoms with Gasteiger partial charge < -0.3 is 10.6 Å². The number of aliphatic imine (C=N–C) groups is 1. The highest BCUT2D eigenvalue weighted by Crippen LogP contribution is 1.94. The van der Waals surface area contributed by atoms with Gasteiger partial charge in [-0.25, -0.2) is 9.59 Å². The van der Waals surface area contributed by atoms with E-state index in [0.29, 0.717) is 11.9 Å². The first-order chi connectivity index (χ1) is 7.13. The fourth-order valence-corrected chi connectivity index (χ4v) is 1.14. The number of hydrogen-bond acceptors (Lipinski definition) is 3. The SMILES string of the molecule is CNC(=O)N=C(NC(=O)NCCBr)SC. The van der Waals surface area contributed by atoms with Gasteiger partial charge in [0.05, 0.1) is 0 Å². The Kier molecular flexibility index (Phi) is 8.11. The Morgan fingerprint density at radius 2 is 2.13 bits per heavy atom. The molecule has 0 radical (unpaired) electrons. The molecule has 0 bridgehead atoms. The van der Waals surface area contributed by atoms with Gasteiger partial charge in [0.1, 0.15) is 0 Å². The van der Waals surface area contributed by atoms with Gasteiger partial charge in [-0.05, 0) is 6.26 Å². The average molecular weight is 297 g/mol. The van der Waals surface area contributed by atoms with E-state index in [1.807, 2.05) is 0 Å². The zero-order chi connectivity index (χ0) is 11.7. The van der Waals surface area contributed by atoms with E-state index in [9.17, 15) is 9.59 Å². The lowest BCUT2D eigenvalue weighted by atomic mass is 10.7. The van der Waals surface area contributed by atoms with Gasteiger partial charge in [0.15, 0.2) is 5.17 Å². The molecule has 0 aliphatic rings. The number of nitrogens with one attached hydrogen (secondary N) is 3. The topological polar surface area (TPSA) is 82.6 Å². The van der Waals surface area contributed by atoms with E-state index in [1.54, 1.807) is 6.26 Å². The molecule has 15 heavy (non-hydrogen) atoms. The van der Waals surface area contributed by atoms with E-state index in [1.165, 1.54) is 18.8 Å². The number of rotatable bonds is 2. The Balaban J connectivity index is 4.14. The molecule has 0 saturated carbocycles. The van der Waals surface area contributed by atoms with Gasteiger partial charge in [0, 0.05) is 18.9 Å². The summed E-state index contributed by atoms with van der Waals surface area (Å²) >= 11 is 4.35. The number of thioether (sulfide) groups is 1. The molecule has 0 atom stereocenters. The maximum Gasteiger partial charge on any atom is 0.343 e. The summed E-state index contributed by atoms with van der Waals surface area (Å²) in [7, 11) is 1.47. The largest absolute Gasteiger partial charge is 0.343 e. The third-order valence-electron chi connectivity index (χ3n) is 1.21. The van der Waals surface area contributed by atoms with Crippen LogP contribution in [0.15, 0.2) is 4.99 Å². The molecule has 0 aliphatic carbocycles. The van der Waals surface area contributed by atoms with Crippen LogP contribution in [0.25, 0.3) is 0 Å². The summed E-state index contributed by atoms with van der Waals surface area (Å²) in [6.07, 6.45) is 1.71. The van der Waals surface area contributed by atoms with Crippen LogP contribution in [-0.4, -0.2) is 42.4 Å². The number of urea groups is 2. The third kappa shape index (κ3) is 7.20. The Hall–Kier alpha value is -0.760. The van der Waals surface area contributed by atoms with Gasteiger partial charge in [-0.1, -0.05) is 27.7 Å². The lowest BCUT2D eigenvalue weighted by molar-refractivity contribution is 0.246. The fraction of sp³-hybridized carbons (Fsp3) is 0.571. The molecule has 3 N–H and O–H groups in total. The predicted molar refractivity (Wildman–Crippen MR) is 65.7 cm³/mol. The minimum absolute atomic E-state index is 0.251. The standard InChI is InChI=1S/C7H13BrN4O2S/c1-9-5(13)11-7(15-2)12-6(14)10-4-3-8/h3-4H2,1-2H3,(H3,9,10,11,12,13,14). The molecular weight excluding hydrogens is 284 g/mol. The van der Waals surface area contributed by atoms with E-state index >= 15 is 0 Å². The van der Waals surface area contributed by atoms with Crippen molar-refractivity contribution >= 4 is 44.9 Å². The Morgan fingerprint density at radius 3 is 2.60 bits per heavy atom. The summed E-state index contributed by atoms with van der Waals surface area (Å²) in [4.78, 5) is 25.7.